The van der Waals surface area contributed by atoms with Crippen LogP contribution in [0.2, 0.25) is 5.02 Å². The zero-order valence-corrected chi connectivity index (χ0v) is 14.3. The van der Waals surface area contributed by atoms with Crippen molar-refractivity contribution in [1.82, 2.24) is 19.3 Å². The number of fused-ring (bicyclic) bond motifs is 1. The third-order valence-electron chi connectivity index (χ3n) is 4.15. The van der Waals surface area contributed by atoms with Gasteiger partial charge in [-0.15, -0.1) is 0 Å². The number of carbonyl (C=O) groups excluding carboxylic acids is 1. The number of pyridine rings is 1. The minimum atomic E-state index is -4.56. The molecule has 2 aromatic heterocycles. The molecule has 7 nitrogen and oxygen atoms in total. The number of methoxy groups -OCH3 is 1. The van der Waals surface area contributed by atoms with Crippen molar-refractivity contribution in [3.8, 4) is 0 Å². The van der Waals surface area contributed by atoms with Crippen LogP contribution in [0.15, 0.2) is 17.1 Å². The monoisotopic (exact) mass is 390 g/mol. The van der Waals surface area contributed by atoms with Crippen LogP contribution in [0.25, 0.3) is 0 Å². The SMILES string of the molecule is COC(=O)C1CCCc2nn(Cc3ncc(C(F)(F)F)cc3Cl)c(=O)n21. The topological polar surface area (TPSA) is 79.0 Å². The van der Waals surface area contributed by atoms with Gasteiger partial charge in [-0.2, -0.15) is 18.3 Å². The molecule has 140 valence electrons. The number of alkyl halides is 3. The van der Waals surface area contributed by atoms with E-state index in [1.54, 1.807) is 0 Å². The van der Waals surface area contributed by atoms with Crippen molar-refractivity contribution < 1.29 is 22.7 Å². The molecule has 0 N–H and O–H groups in total. The molecule has 0 aliphatic carbocycles. The number of halogens is 4. The Labute approximate surface area is 150 Å². The Balaban J connectivity index is 1.94. The van der Waals surface area contributed by atoms with E-state index in [9.17, 15) is 22.8 Å². The minimum Gasteiger partial charge on any atom is -0.467 e. The lowest BCUT2D eigenvalue weighted by molar-refractivity contribution is -0.145. The van der Waals surface area contributed by atoms with E-state index in [4.69, 9.17) is 16.3 Å². The lowest BCUT2D eigenvalue weighted by Crippen LogP contribution is -2.35. The van der Waals surface area contributed by atoms with Crippen molar-refractivity contribution in [3.05, 3.63) is 44.9 Å². The molecule has 1 aliphatic heterocycles. The number of carbonyl (C=O) groups is 1. The standard InChI is InChI=1S/C15H14ClF3N4O3/c1-26-13(24)11-3-2-4-12-21-22(14(25)23(11)12)7-10-9(16)5-8(6-20-10)15(17,18)19/h5-6,11H,2-4,7H2,1H3. The fraction of sp³-hybridized carbons (Fsp3) is 0.467. The van der Waals surface area contributed by atoms with Gasteiger partial charge in [-0.05, 0) is 18.9 Å². The zero-order chi connectivity index (χ0) is 19.1. The summed E-state index contributed by atoms with van der Waals surface area (Å²) in [6, 6.07) is -0.0108. The van der Waals surface area contributed by atoms with Crippen LogP contribution < -0.4 is 5.69 Å². The van der Waals surface area contributed by atoms with Crippen LogP contribution in [-0.4, -0.2) is 32.4 Å². The van der Waals surface area contributed by atoms with Gasteiger partial charge in [0.1, 0.15) is 11.9 Å². The quantitative estimate of drug-likeness (QED) is 0.751. The van der Waals surface area contributed by atoms with Crippen molar-refractivity contribution in [2.45, 2.75) is 38.0 Å². The normalized spacial score (nSPS) is 17.0. The highest BCUT2D eigenvalue weighted by molar-refractivity contribution is 6.31. The smallest absolute Gasteiger partial charge is 0.417 e. The highest BCUT2D eigenvalue weighted by atomic mass is 35.5. The molecule has 11 heteroatoms. The van der Waals surface area contributed by atoms with Gasteiger partial charge in [0.2, 0.25) is 0 Å². The summed E-state index contributed by atoms with van der Waals surface area (Å²) in [5, 5.41) is 3.94. The highest BCUT2D eigenvalue weighted by Crippen LogP contribution is 2.31. The third kappa shape index (κ3) is 3.33. The van der Waals surface area contributed by atoms with Gasteiger partial charge < -0.3 is 4.74 Å². The summed E-state index contributed by atoms with van der Waals surface area (Å²) in [6.45, 7) is -0.205. The van der Waals surface area contributed by atoms with Crippen LogP contribution in [0.3, 0.4) is 0 Å². The molecule has 0 radical (unpaired) electrons. The summed E-state index contributed by atoms with van der Waals surface area (Å²) in [4.78, 5) is 28.2. The van der Waals surface area contributed by atoms with Gasteiger partial charge in [0.15, 0.2) is 0 Å². The minimum absolute atomic E-state index is 0.0758. The molecule has 0 aromatic carbocycles. The number of aryl methyl sites for hydroxylation is 1. The molecular weight excluding hydrogens is 377 g/mol. The van der Waals surface area contributed by atoms with Gasteiger partial charge in [-0.25, -0.2) is 14.3 Å². The van der Waals surface area contributed by atoms with Crippen molar-refractivity contribution in [2.75, 3.05) is 7.11 Å². The Morgan fingerprint density at radius 2 is 2.19 bits per heavy atom. The van der Waals surface area contributed by atoms with Crippen LogP contribution in [0.4, 0.5) is 13.2 Å². The molecule has 1 atom stereocenters. The molecule has 0 spiro atoms. The fourth-order valence-electron chi connectivity index (χ4n) is 2.87. The Bertz CT molecular complexity index is 907. The Morgan fingerprint density at radius 1 is 1.46 bits per heavy atom. The van der Waals surface area contributed by atoms with Crippen molar-refractivity contribution in [3.63, 3.8) is 0 Å². The average molecular weight is 391 g/mol. The maximum atomic E-state index is 12.7. The van der Waals surface area contributed by atoms with Crippen LogP contribution in [0.1, 0.15) is 36.0 Å². The zero-order valence-electron chi connectivity index (χ0n) is 13.6. The average Bonchev–Trinajstić information content (AvgIpc) is 2.91. The molecule has 3 rings (SSSR count). The van der Waals surface area contributed by atoms with Gasteiger partial charge in [0, 0.05) is 12.6 Å². The number of rotatable bonds is 3. The Kier molecular flexibility index (Phi) is 4.78. The van der Waals surface area contributed by atoms with E-state index in [2.05, 4.69) is 10.1 Å². The molecule has 0 amide bonds. The lowest BCUT2D eigenvalue weighted by atomic mass is 10.1. The van der Waals surface area contributed by atoms with E-state index in [0.717, 1.165) is 10.7 Å². The largest absolute Gasteiger partial charge is 0.467 e. The van der Waals surface area contributed by atoms with Crippen LogP contribution in [0, 0.1) is 0 Å². The predicted octanol–water partition coefficient (Wildman–Crippen LogP) is 2.21. The lowest BCUT2D eigenvalue weighted by Gasteiger charge is -2.20. The van der Waals surface area contributed by atoms with Crippen molar-refractivity contribution in [2.24, 2.45) is 0 Å². The molecule has 0 saturated heterocycles. The second-order valence-corrected chi connectivity index (χ2v) is 6.22. The number of nitrogens with zero attached hydrogens (tertiary/aromatic N) is 4. The number of esters is 1. The number of hydrogen-bond acceptors (Lipinski definition) is 5. The van der Waals surface area contributed by atoms with E-state index in [1.807, 2.05) is 0 Å². The molecule has 26 heavy (non-hydrogen) atoms. The third-order valence-corrected chi connectivity index (χ3v) is 4.48. The van der Waals surface area contributed by atoms with Crippen molar-refractivity contribution in [1.29, 1.82) is 0 Å². The molecule has 0 bridgehead atoms. The van der Waals surface area contributed by atoms with Gasteiger partial charge >= 0.3 is 17.8 Å². The molecule has 0 fully saturated rings. The summed E-state index contributed by atoms with van der Waals surface area (Å²) < 4.78 is 45.1. The van der Waals surface area contributed by atoms with E-state index >= 15 is 0 Å². The second kappa shape index (κ2) is 6.75. The summed E-state index contributed by atoms with van der Waals surface area (Å²) in [6.07, 6.45) is -2.29. The van der Waals surface area contributed by atoms with Crippen molar-refractivity contribution >= 4 is 17.6 Å². The van der Waals surface area contributed by atoms with E-state index in [0.29, 0.717) is 31.3 Å². The van der Waals surface area contributed by atoms with Crippen LogP contribution in [-0.2, 0) is 28.7 Å². The fourth-order valence-corrected chi connectivity index (χ4v) is 3.10. The van der Waals surface area contributed by atoms with E-state index in [-0.39, 0.29) is 17.3 Å². The highest BCUT2D eigenvalue weighted by Gasteiger charge is 2.33. The van der Waals surface area contributed by atoms with Crippen LogP contribution in [0.5, 0.6) is 0 Å². The van der Waals surface area contributed by atoms with Gasteiger partial charge in [0.25, 0.3) is 0 Å². The Hall–Kier alpha value is -2.36. The van der Waals surface area contributed by atoms with E-state index < -0.39 is 29.4 Å². The summed E-state index contributed by atoms with van der Waals surface area (Å²) in [5.41, 5.74) is -1.46. The maximum absolute atomic E-state index is 12.7. The van der Waals surface area contributed by atoms with E-state index in [1.165, 1.54) is 11.7 Å². The number of hydrogen-bond donors (Lipinski definition) is 0. The molecule has 0 saturated carbocycles. The summed E-state index contributed by atoms with van der Waals surface area (Å²) in [7, 11) is 1.23. The predicted molar refractivity (Wildman–Crippen MR) is 83.8 cm³/mol. The first-order valence-corrected chi connectivity index (χ1v) is 8.08. The molecule has 3 heterocycles. The first-order chi connectivity index (χ1) is 12.2. The summed E-state index contributed by atoms with van der Waals surface area (Å²) in [5.74, 6) is -0.127. The number of ether oxygens (including phenoxy) is 1. The molecule has 1 unspecified atom stereocenters. The maximum Gasteiger partial charge on any atom is 0.417 e. The molecule has 1 aliphatic rings. The molecular formula is C15H14ClF3N4O3. The van der Waals surface area contributed by atoms with Gasteiger partial charge in [-0.3, -0.25) is 9.55 Å². The first kappa shape index (κ1) is 18.4. The second-order valence-electron chi connectivity index (χ2n) is 5.81. The summed E-state index contributed by atoms with van der Waals surface area (Å²) >= 11 is 5.88. The van der Waals surface area contributed by atoms with Gasteiger partial charge in [0.05, 0.1) is 29.9 Å². The van der Waals surface area contributed by atoms with Crippen LogP contribution >= 0.6 is 11.6 Å². The molecule has 2 aromatic rings. The number of aromatic nitrogens is 4. The Morgan fingerprint density at radius 3 is 2.81 bits per heavy atom. The van der Waals surface area contributed by atoms with Gasteiger partial charge in [-0.1, -0.05) is 11.6 Å². The first-order valence-electron chi connectivity index (χ1n) is 7.70.